The first-order chi connectivity index (χ1) is 16.0. The smallest absolute Gasteiger partial charge is 0.416 e. The van der Waals surface area contributed by atoms with Crippen LogP contribution < -0.4 is 4.74 Å². The van der Waals surface area contributed by atoms with E-state index in [1.165, 1.54) is 18.1 Å². The molecule has 0 aliphatic carbocycles. The minimum Gasteiger partial charge on any atom is -0.489 e. The number of fused-ring (bicyclic) bond motifs is 1. The van der Waals surface area contributed by atoms with Crippen molar-refractivity contribution in [2.45, 2.75) is 39.1 Å². The zero-order chi connectivity index (χ0) is 25.0. The summed E-state index contributed by atoms with van der Waals surface area (Å²) in [5, 5.41) is 0. The van der Waals surface area contributed by atoms with Gasteiger partial charge in [0.15, 0.2) is 6.04 Å². The van der Waals surface area contributed by atoms with Crippen molar-refractivity contribution in [2.24, 2.45) is 5.92 Å². The first kappa shape index (κ1) is 25.3. The third kappa shape index (κ3) is 5.78. The Labute approximate surface area is 194 Å². The van der Waals surface area contributed by atoms with E-state index in [-0.39, 0.29) is 30.4 Å². The summed E-state index contributed by atoms with van der Waals surface area (Å²) >= 11 is 0. The second-order valence-electron chi connectivity index (χ2n) is 8.29. The molecule has 0 saturated heterocycles. The van der Waals surface area contributed by atoms with Gasteiger partial charge in [-0.15, -0.1) is 0 Å². The highest BCUT2D eigenvalue weighted by Gasteiger charge is 2.38. The molecule has 1 atom stereocenters. The van der Waals surface area contributed by atoms with Crippen molar-refractivity contribution in [2.75, 3.05) is 20.3 Å². The van der Waals surface area contributed by atoms with Gasteiger partial charge in [-0.05, 0) is 53.8 Å². The van der Waals surface area contributed by atoms with Gasteiger partial charge < -0.3 is 14.2 Å². The summed E-state index contributed by atoms with van der Waals surface area (Å²) in [5.74, 6) is -1.04. The van der Waals surface area contributed by atoms with Crippen LogP contribution in [0.4, 0.5) is 22.4 Å². The Kier molecular flexibility index (Phi) is 7.68. The number of hydrogen-bond acceptors (Lipinski definition) is 5. The topological polar surface area (TPSA) is 65.1 Å². The van der Waals surface area contributed by atoms with Gasteiger partial charge in [-0.2, -0.15) is 13.2 Å². The average molecular weight is 483 g/mol. The average Bonchev–Trinajstić information content (AvgIpc) is 2.79. The fourth-order valence-corrected chi connectivity index (χ4v) is 3.60. The zero-order valence-electron chi connectivity index (χ0n) is 18.9. The lowest BCUT2D eigenvalue weighted by Gasteiger charge is -2.35. The highest BCUT2D eigenvalue weighted by atomic mass is 19.4. The molecule has 0 saturated carbocycles. The van der Waals surface area contributed by atoms with Crippen molar-refractivity contribution >= 4 is 12.1 Å². The Bertz CT molecular complexity index is 1050. The summed E-state index contributed by atoms with van der Waals surface area (Å²) in [7, 11) is 1.22. The number of methoxy groups -OCH3 is 1. The largest absolute Gasteiger partial charge is 0.489 e. The first-order valence-electron chi connectivity index (χ1n) is 10.6. The minimum absolute atomic E-state index is 0.124. The summed E-state index contributed by atoms with van der Waals surface area (Å²) in [6.45, 7) is 3.76. The standard InChI is InChI=1S/C24H25F4NO5/c1-14(2)12-34-23(31)29-9-8-15-11-18(5-6-19(15)21(29)22(30)32-3)33-13-16-10-17(24(26,27)28)4-7-20(16)25/h4-7,10-11,14,21H,8-9,12-13H2,1-3H3. The van der Waals surface area contributed by atoms with Crippen molar-refractivity contribution in [3.8, 4) is 5.75 Å². The highest BCUT2D eigenvalue weighted by molar-refractivity contribution is 5.84. The molecule has 0 bridgehead atoms. The van der Waals surface area contributed by atoms with Crippen molar-refractivity contribution in [3.63, 3.8) is 0 Å². The Morgan fingerprint density at radius 1 is 1.15 bits per heavy atom. The molecule has 1 aliphatic rings. The van der Waals surface area contributed by atoms with E-state index in [4.69, 9.17) is 14.2 Å². The molecule has 1 unspecified atom stereocenters. The van der Waals surface area contributed by atoms with Crippen LogP contribution in [-0.4, -0.2) is 37.2 Å². The molecule has 0 aromatic heterocycles. The van der Waals surface area contributed by atoms with E-state index >= 15 is 0 Å². The number of hydrogen-bond donors (Lipinski definition) is 0. The van der Waals surface area contributed by atoms with Gasteiger partial charge in [0.05, 0.1) is 19.3 Å². The van der Waals surface area contributed by atoms with Crippen LogP contribution in [0.15, 0.2) is 36.4 Å². The van der Waals surface area contributed by atoms with Crippen LogP contribution in [0.3, 0.4) is 0 Å². The molecule has 3 rings (SSSR count). The molecular weight excluding hydrogens is 458 g/mol. The number of alkyl halides is 3. The fourth-order valence-electron chi connectivity index (χ4n) is 3.60. The van der Waals surface area contributed by atoms with Crippen LogP contribution in [-0.2, 0) is 33.5 Å². The van der Waals surface area contributed by atoms with E-state index in [9.17, 15) is 27.2 Å². The number of ether oxygens (including phenoxy) is 3. The van der Waals surface area contributed by atoms with Crippen LogP contribution in [0.1, 0.15) is 42.1 Å². The van der Waals surface area contributed by atoms with E-state index in [2.05, 4.69) is 0 Å². The summed E-state index contributed by atoms with van der Waals surface area (Å²) in [5.41, 5.74) is 0.0184. The quantitative estimate of drug-likeness (QED) is 0.413. The van der Waals surface area contributed by atoms with Crippen LogP contribution in [0.2, 0.25) is 0 Å². The Hall–Kier alpha value is -3.30. The molecule has 1 heterocycles. The maximum Gasteiger partial charge on any atom is 0.416 e. The SMILES string of the molecule is COC(=O)C1c2ccc(OCc3cc(C(F)(F)F)ccc3F)cc2CCN1C(=O)OCC(C)C. The van der Waals surface area contributed by atoms with E-state index in [1.807, 2.05) is 13.8 Å². The Morgan fingerprint density at radius 2 is 1.88 bits per heavy atom. The van der Waals surface area contributed by atoms with Crippen LogP contribution in [0.25, 0.3) is 0 Å². The number of benzene rings is 2. The Balaban J connectivity index is 1.80. The van der Waals surface area contributed by atoms with E-state index in [0.717, 1.165) is 6.07 Å². The number of esters is 1. The molecule has 6 nitrogen and oxygen atoms in total. The second-order valence-corrected chi connectivity index (χ2v) is 8.29. The molecule has 184 valence electrons. The number of carbonyl (C=O) groups is 2. The summed E-state index contributed by atoms with van der Waals surface area (Å²) in [4.78, 5) is 26.3. The molecular formula is C24H25F4NO5. The third-order valence-electron chi connectivity index (χ3n) is 5.31. The molecule has 10 heteroatoms. The predicted molar refractivity (Wildman–Crippen MR) is 114 cm³/mol. The maximum absolute atomic E-state index is 14.0. The highest BCUT2D eigenvalue weighted by Crippen LogP contribution is 2.34. The molecule has 34 heavy (non-hydrogen) atoms. The van der Waals surface area contributed by atoms with Gasteiger partial charge in [-0.25, -0.2) is 14.0 Å². The van der Waals surface area contributed by atoms with Gasteiger partial charge in [0.2, 0.25) is 0 Å². The molecule has 0 fully saturated rings. The lowest BCUT2D eigenvalue weighted by Crippen LogP contribution is -2.44. The third-order valence-corrected chi connectivity index (χ3v) is 5.31. The molecule has 2 aromatic rings. The van der Waals surface area contributed by atoms with Crippen molar-refractivity contribution in [1.82, 2.24) is 4.90 Å². The van der Waals surface area contributed by atoms with Gasteiger partial charge in [0.1, 0.15) is 18.2 Å². The molecule has 0 radical (unpaired) electrons. The predicted octanol–water partition coefficient (Wildman–Crippen LogP) is 5.29. The molecule has 1 aliphatic heterocycles. The molecule has 1 amide bonds. The van der Waals surface area contributed by atoms with Crippen molar-refractivity contribution in [1.29, 1.82) is 0 Å². The van der Waals surface area contributed by atoms with E-state index in [0.29, 0.717) is 29.7 Å². The van der Waals surface area contributed by atoms with Crippen LogP contribution >= 0.6 is 0 Å². The van der Waals surface area contributed by atoms with Gasteiger partial charge in [-0.1, -0.05) is 19.9 Å². The Morgan fingerprint density at radius 3 is 2.53 bits per heavy atom. The molecule has 0 spiro atoms. The van der Waals surface area contributed by atoms with Crippen molar-refractivity contribution in [3.05, 3.63) is 64.5 Å². The normalized spacial score (nSPS) is 15.6. The summed E-state index contributed by atoms with van der Waals surface area (Å²) in [6.07, 6.45) is -4.84. The van der Waals surface area contributed by atoms with Gasteiger partial charge in [0.25, 0.3) is 0 Å². The van der Waals surface area contributed by atoms with Crippen molar-refractivity contribution < 1.29 is 41.4 Å². The first-order valence-corrected chi connectivity index (χ1v) is 10.6. The van der Waals surface area contributed by atoms with Gasteiger partial charge in [0, 0.05) is 12.1 Å². The number of carbonyl (C=O) groups excluding carboxylic acids is 2. The van der Waals surface area contributed by atoms with Crippen LogP contribution in [0.5, 0.6) is 5.75 Å². The second kappa shape index (κ2) is 10.3. The maximum atomic E-state index is 14.0. The number of rotatable bonds is 6. The lowest BCUT2D eigenvalue weighted by molar-refractivity contribution is -0.147. The number of halogens is 4. The fraction of sp³-hybridized carbons (Fsp3) is 0.417. The molecule has 2 aromatic carbocycles. The van der Waals surface area contributed by atoms with Gasteiger partial charge >= 0.3 is 18.2 Å². The monoisotopic (exact) mass is 483 g/mol. The number of nitrogens with zero attached hydrogens (tertiary/aromatic N) is 1. The lowest BCUT2D eigenvalue weighted by atomic mass is 9.92. The summed E-state index contributed by atoms with van der Waals surface area (Å²) in [6, 6.07) is 5.82. The molecule has 0 N–H and O–H groups in total. The minimum atomic E-state index is -4.60. The summed E-state index contributed by atoms with van der Waals surface area (Å²) < 4.78 is 68.5. The number of amides is 1. The van der Waals surface area contributed by atoms with E-state index < -0.39 is 42.3 Å². The van der Waals surface area contributed by atoms with Gasteiger partial charge in [-0.3, -0.25) is 4.90 Å². The zero-order valence-corrected chi connectivity index (χ0v) is 18.9. The van der Waals surface area contributed by atoms with E-state index in [1.54, 1.807) is 12.1 Å². The van der Waals surface area contributed by atoms with Crippen LogP contribution in [0, 0.1) is 11.7 Å².